The predicted octanol–water partition coefficient (Wildman–Crippen LogP) is 2.62. The number of aromatic amines is 1. The van der Waals surface area contributed by atoms with Crippen LogP contribution in [0.5, 0.6) is 0 Å². The monoisotopic (exact) mass is 242 g/mol. The molecule has 0 atom stereocenters. The molecular weight excluding hydrogens is 235 g/mol. The molecule has 5 heteroatoms. The van der Waals surface area contributed by atoms with Crippen LogP contribution in [0, 0.1) is 0 Å². The van der Waals surface area contributed by atoms with E-state index in [0.29, 0.717) is 21.3 Å². The first kappa shape index (κ1) is 10.5. The summed E-state index contributed by atoms with van der Waals surface area (Å²) < 4.78 is 0. The number of nitrogens with one attached hydrogen (secondary N) is 1. The highest BCUT2D eigenvalue weighted by molar-refractivity contribution is 6.38. The van der Waals surface area contributed by atoms with Crippen LogP contribution in [0.25, 0.3) is 10.9 Å². The minimum absolute atomic E-state index is 0.0296. The van der Waals surface area contributed by atoms with E-state index in [1.165, 1.54) is 0 Å². The maximum absolute atomic E-state index is 11.3. The number of H-pyrrole nitrogens is 1. The SMILES string of the molecule is NCC(=O)c1cc2cc(Cl)cc(Cl)c2[nH]1. The van der Waals surface area contributed by atoms with Crippen molar-refractivity contribution in [3.8, 4) is 0 Å². The Morgan fingerprint density at radius 2 is 2.07 bits per heavy atom. The van der Waals surface area contributed by atoms with Gasteiger partial charge in [-0.3, -0.25) is 4.79 Å². The molecule has 0 saturated heterocycles. The molecule has 1 aromatic heterocycles. The smallest absolute Gasteiger partial charge is 0.192 e. The number of benzene rings is 1. The van der Waals surface area contributed by atoms with Crippen LogP contribution in [0.1, 0.15) is 10.5 Å². The Kier molecular flexibility index (Phi) is 2.69. The summed E-state index contributed by atoms with van der Waals surface area (Å²) in [6.45, 7) is -0.0296. The Morgan fingerprint density at radius 3 is 2.73 bits per heavy atom. The van der Waals surface area contributed by atoms with Gasteiger partial charge >= 0.3 is 0 Å². The van der Waals surface area contributed by atoms with E-state index in [2.05, 4.69) is 4.98 Å². The van der Waals surface area contributed by atoms with Gasteiger partial charge in [-0.15, -0.1) is 0 Å². The third-order valence-corrected chi connectivity index (χ3v) is 2.65. The second kappa shape index (κ2) is 3.85. The Balaban J connectivity index is 2.65. The number of Topliss-reactive ketones (excluding diaryl/α,β-unsaturated/α-hetero) is 1. The summed E-state index contributed by atoms with van der Waals surface area (Å²) in [7, 11) is 0. The molecule has 0 bridgehead atoms. The van der Waals surface area contributed by atoms with E-state index in [9.17, 15) is 4.79 Å². The molecular formula is C10H8Cl2N2O. The van der Waals surface area contributed by atoms with Gasteiger partial charge in [0.2, 0.25) is 0 Å². The van der Waals surface area contributed by atoms with E-state index < -0.39 is 0 Å². The van der Waals surface area contributed by atoms with Gasteiger partial charge in [-0.2, -0.15) is 0 Å². The molecule has 0 unspecified atom stereocenters. The van der Waals surface area contributed by atoms with Gasteiger partial charge in [-0.1, -0.05) is 23.2 Å². The van der Waals surface area contributed by atoms with Gasteiger partial charge in [0.1, 0.15) is 0 Å². The Morgan fingerprint density at radius 1 is 1.33 bits per heavy atom. The van der Waals surface area contributed by atoms with Crippen molar-refractivity contribution in [2.45, 2.75) is 0 Å². The summed E-state index contributed by atoms with van der Waals surface area (Å²) in [5.74, 6) is -0.154. The van der Waals surface area contributed by atoms with Crippen LogP contribution in [-0.2, 0) is 0 Å². The first-order valence-electron chi connectivity index (χ1n) is 4.33. The lowest BCUT2D eigenvalue weighted by atomic mass is 10.2. The van der Waals surface area contributed by atoms with Crippen LogP contribution in [0.15, 0.2) is 18.2 Å². The normalized spacial score (nSPS) is 10.9. The van der Waals surface area contributed by atoms with Crippen LogP contribution in [0.4, 0.5) is 0 Å². The second-order valence-corrected chi connectivity index (χ2v) is 4.01. The average molecular weight is 243 g/mol. The first-order chi connectivity index (χ1) is 7.11. The lowest BCUT2D eigenvalue weighted by Gasteiger charge is -1.94. The van der Waals surface area contributed by atoms with E-state index in [0.717, 1.165) is 5.39 Å². The molecule has 2 rings (SSSR count). The van der Waals surface area contributed by atoms with Crippen LogP contribution in [-0.4, -0.2) is 17.3 Å². The number of carbonyl (C=O) groups excluding carboxylic acids is 1. The highest BCUT2D eigenvalue weighted by atomic mass is 35.5. The third kappa shape index (κ3) is 1.86. The Labute approximate surface area is 96.2 Å². The molecule has 0 aliphatic heterocycles. The van der Waals surface area contributed by atoms with Gasteiger partial charge in [0, 0.05) is 10.4 Å². The van der Waals surface area contributed by atoms with Crippen molar-refractivity contribution in [1.82, 2.24) is 4.98 Å². The standard InChI is InChI=1S/C10H8Cl2N2O/c11-6-1-5-2-8(9(15)4-13)14-10(5)7(12)3-6/h1-3,14H,4,13H2. The van der Waals surface area contributed by atoms with Gasteiger partial charge in [-0.05, 0) is 18.2 Å². The van der Waals surface area contributed by atoms with Crippen molar-refractivity contribution < 1.29 is 4.79 Å². The van der Waals surface area contributed by atoms with E-state index in [1.807, 2.05) is 0 Å². The molecule has 2 aromatic rings. The number of aromatic nitrogens is 1. The molecule has 0 spiro atoms. The average Bonchev–Trinajstić information content (AvgIpc) is 2.60. The fourth-order valence-electron chi connectivity index (χ4n) is 1.43. The van der Waals surface area contributed by atoms with Crippen molar-refractivity contribution >= 4 is 39.9 Å². The number of rotatable bonds is 2. The topological polar surface area (TPSA) is 58.9 Å². The summed E-state index contributed by atoms with van der Waals surface area (Å²) in [6, 6.07) is 5.06. The molecule has 3 nitrogen and oxygen atoms in total. The van der Waals surface area contributed by atoms with Crippen molar-refractivity contribution in [1.29, 1.82) is 0 Å². The summed E-state index contributed by atoms with van der Waals surface area (Å²) >= 11 is 11.8. The molecule has 0 fully saturated rings. The van der Waals surface area contributed by atoms with Gasteiger partial charge in [0.25, 0.3) is 0 Å². The third-order valence-electron chi connectivity index (χ3n) is 2.13. The number of carbonyl (C=O) groups is 1. The molecule has 0 aliphatic rings. The van der Waals surface area contributed by atoms with Crippen molar-refractivity contribution in [2.24, 2.45) is 5.73 Å². The molecule has 15 heavy (non-hydrogen) atoms. The highest BCUT2D eigenvalue weighted by Crippen LogP contribution is 2.28. The van der Waals surface area contributed by atoms with E-state index in [1.54, 1.807) is 18.2 Å². The van der Waals surface area contributed by atoms with Gasteiger partial charge in [-0.25, -0.2) is 0 Å². The van der Waals surface area contributed by atoms with Gasteiger partial charge in [0.15, 0.2) is 5.78 Å². The molecule has 3 N–H and O–H groups in total. The lowest BCUT2D eigenvalue weighted by Crippen LogP contribution is -2.13. The quantitative estimate of drug-likeness (QED) is 0.796. The number of fused-ring (bicyclic) bond motifs is 1. The minimum atomic E-state index is -0.154. The molecule has 0 aliphatic carbocycles. The van der Waals surface area contributed by atoms with Crippen LogP contribution >= 0.6 is 23.2 Å². The number of hydrogen-bond donors (Lipinski definition) is 2. The highest BCUT2D eigenvalue weighted by Gasteiger charge is 2.10. The zero-order chi connectivity index (χ0) is 11.0. The van der Waals surface area contributed by atoms with E-state index >= 15 is 0 Å². The number of hydrogen-bond acceptors (Lipinski definition) is 2. The molecule has 0 amide bonds. The zero-order valence-corrected chi connectivity index (χ0v) is 9.19. The largest absolute Gasteiger partial charge is 0.351 e. The molecule has 0 radical (unpaired) electrons. The van der Waals surface area contributed by atoms with Crippen LogP contribution in [0.3, 0.4) is 0 Å². The van der Waals surface area contributed by atoms with Crippen LogP contribution in [0.2, 0.25) is 10.0 Å². The minimum Gasteiger partial charge on any atom is -0.351 e. The zero-order valence-electron chi connectivity index (χ0n) is 7.68. The van der Waals surface area contributed by atoms with Crippen molar-refractivity contribution in [3.63, 3.8) is 0 Å². The van der Waals surface area contributed by atoms with E-state index in [-0.39, 0.29) is 12.3 Å². The number of nitrogens with two attached hydrogens (primary N) is 1. The maximum atomic E-state index is 11.3. The van der Waals surface area contributed by atoms with Gasteiger partial charge < -0.3 is 10.7 Å². The summed E-state index contributed by atoms with van der Waals surface area (Å²) in [5.41, 5.74) is 6.43. The summed E-state index contributed by atoms with van der Waals surface area (Å²) in [6.07, 6.45) is 0. The lowest BCUT2D eigenvalue weighted by molar-refractivity contribution is 0.0997. The van der Waals surface area contributed by atoms with Crippen molar-refractivity contribution in [2.75, 3.05) is 6.54 Å². The molecule has 0 saturated carbocycles. The van der Waals surface area contributed by atoms with Gasteiger partial charge in [0.05, 0.1) is 22.8 Å². The fraction of sp³-hybridized carbons (Fsp3) is 0.100. The summed E-state index contributed by atoms with van der Waals surface area (Å²) in [4.78, 5) is 14.3. The van der Waals surface area contributed by atoms with Crippen LogP contribution < -0.4 is 5.73 Å². The van der Waals surface area contributed by atoms with E-state index in [4.69, 9.17) is 28.9 Å². The Bertz CT molecular complexity index is 533. The Hall–Kier alpha value is -1.03. The number of halogens is 2. The molecule has 78 valence electrons. The molecule has 1 aromatic carbocycles. The summed E-state index contributed by atoms with van der Waals surface area (Å²) in [5, 5.41) is 1.84. The predicted molar refractivity (Wildman–Crippen MR) is 61.7 cm³/mol. The first-order valence-corrected chi connectivity index (χ1v) is 5.08. The fourth-order valence-corrected chi connectivity index (χ4v) is 1.98. The molecule has 1 heterocycles. The maximum Gasteiger partial charge on any atom is 0.192 e. The van der Waals surface area contributed by atoms with Crippen molar-refractivity contribution in [3.05, 3.63) is 33.9 Å². The number of ketones is 1. The second-order valence-electron chi connectivity index (χ2n) is 3.16.